The first-order chi connectivity index (χ1) is 8.61. The van der Waals surface area contributed by atoms with Gasteiger partial charge in [-0.05, 0) is 42.2 Å². The van der Waals surface area contributed by atoms with Crippen LogP contribution in [-0.4, -0.2) is 11.5 Å². The SMILES string of the molecule is CCCNc1nc2ccc(Br)cc2cc1C(C)C. The van der Waals surface area contributed by atoms with Gasteiger partial charge in [0.25, 0.3) is 0 Å². The van der Waals surface area contributed by atoms with E-state index in [0.29, 0.717) is 5.92 Å². The maximum absolute atomic E-state index is 4.74. The zero-order valence-electron chi connectivity index (χ0n) is 11.1. The molecule has 0 atom stereocenters. The molecule has 0 unspecified atom stereocenters. The molecule has 0 saturated carbocycles. The third-order valence-corrected chi connectivity index (χ3v) is 3.46. The Bertz CT molecular complexity index is 549. The number of rotatable bonds is 4. The zero-order valence-corrected chi connectivity index (χ0v) is 12.7. The lowest BCUT2D eigenvalue weighted by Crippen LogP contribution is -2.06. The summed E-state index contributed by atoms with van der Waals surface area (Å²) in [4.78, 5) is 4.74. The van der Waals surface area contributed by atoms with Crippen LogP contribution in [0.25, 0.3) is 10.9 Å². The van der Waals surface area contributed by atoms with E-state index >= 15 is 0 Å². The third kappa shape index (κ3) is 2.83. The lowest BCUT2D eigenvalue weighted by Gasteiger charge is -2.14. The zero-order chi connectivity index (χ0) is 13.1. The molecule has 2 nitrogen and oxygen atoms in total. The first-order valence-electron chi connectivity index (χ1n) is 6.46. The molecular formula is C15H19BrN2. The number of fused-ring (bicyclic) bond motifs is 1. The summed E-state index contributed by atoms with van der Waals surface area (Å²) in [6, 6.07) is 8.46. The maximum Gasteiger partial charge on any atom is 0.130 e. The Balaban J connectivity index is 2.53. The fraction of sp³-hybridized carbons (Fsp3) is 0.400. The number of hydrogen-bond donors (Lipinski definition) is 1. The second-order valence-corrected chi connectivity index (χ2v) is 5.76. The summed E-state index contributed by atoms with van der Waals surface area (Å²) in [5.74, 6) is 1.50. The number of halogens is 1. The highest BCUT2D eigenvalue weighted by atomic mass is 79.9. The van der Waals surface area contributed by atoms with Crippen LogP contribution in [0.15, 0.2) is 28.7 Å². The van der Waals surface area contributed by atoms with Crippen LogP contribution in [0.1, 0.15) is 38.7 Å². The molecule has 0 fully saturated rings. The Morgan fingerprint density at radius 3 is 2.72 bits per heavy atom. The molecule has 1 aromatic carbocycles. The van der Waals surface area contributed by atoms with Crippen LogP contribution in [0.3, 0.4) is 0 Å². The first kappa shape index (κ1) is 13.3. The van der Waals surface area contributed by atoms with E-state index in [-0.39, 0.29) is 0 Å². The van der Waals surface area contributed by atoms with Crippen LogP contribution in [0.4, 0.5) is 5.82 Å². The Morgan fingerprint density at radius 1 is 1.28 bits per heavy atom. The van der Waals surface area contributed by atoms with Crippen molar-refractivity contribution in [3.8, 4) is 0 Å². The summed E-state index contributed by atoms with van der Waals surface area (Å²) >= 11 is 3.51. The summed E-state index contributed by atoms with van der Waals surface area (Å²) in [6.45, 7) is 7.55. The van der Waals surface area contributed by atoms with Crippen LogP contribution >= 0.6 is 15.9 Å². The predicted octanol–water partition coefficient (Wildman–Crippen LogP) is 4.94. The van der Waals surface area contributed by atoms with Crippen molar-refractivity contribution in [2.75, 3.05) is 11.9 Å². The standard InChI is InChI=1S/C15H19BrN2/c1-4-7-17-15-13(10(2)3)9-11-8-12(16)5-6-14(11)18-15/h5-6,8-10H,4,7H2,1-3H3,(H,17,18). The quantitative estimate of drug-likeness (QED) is 0.865. The molecule has 0 aliphatic carbocycles. The molecule has 18 heavy (non-hydrogen) atoms. The number of anilines is 1. The van der Waals surface area contributed by atoms with E-state index in [1.807, 2.05) is 6.07 Å². The number of nitrogens with one attached hydrogen (secondary N) is 1. The molecule has 0 saturated heterocycles. The molecule has 0 bridgehead atoms. The van der Waals surface area contributed by atoms with Gasteiger partial charge in [0.05, 0.1) is 5.52 Å². The molecule has 0 amide bonds. The van der Waals surface area contributed by atoms with Gasteiger partial charge in [0.15, 0.2) is 0 Å². The number of pyridine rings is 1. The molecule has 96 valence electrons. The molecule has 1 heterocycles. The lowest BCUT2D eigenvalue weighted by molar-refractivity contribution is 0.856. The minimum absolute atomic E-state index is 0.472. The van der Waals surface area contributed by atoms with Crippen molar-refractivity contribution in [3.63, 3.8) is 0 Å². The average molecular weight is 307 g/mol. The van der Waals surface area contributed by atoms with Crippen LogP contribution in [0, 0.1) is 0 Å². The van der Waals surface area contributed by atoms with Gasteiger partial charge < -0.3 is 5.32 Å². The average Bonchev–Trinajstić information content (AvgIpc) is 2.35. The van der Waals surface area contributed by atoms with E-state index in [4.69, 9.17) is 4.98 Å². The second-order valence-electron chi connectivity index (χ2n) is 4.84. The molecule has 1 aromatic heterocycles. The first-order valence-corrected chi connectivity index (χ1v) is 7.25. The van der Waals surface area contributed by atoms with Crippen molar-refractivity contribution in [2.24, 2.45) is 0 Å². The number of hydrogen-bond acceptors (Lipinski definition) is 2. The summed E-state index contributed by atoms with van der Waals surface area (Å²) in [6.07, 6.45) is 1.11. The van der Waals surface area contributed by atoms with E-state index in [2.05, 4.69) is 60.2 Å². The highest BCUT2D eigenvalue weighted by Gasteiger charge is 2.10. The normalized spacial score (nSPS) is 11.2. The Labute approximate surface area is 117 Å². The van der Waals surface area contributed by atoms with Crippen molar-refractivity contribution < 1.29 is 0 Å². The van der Waals surface area contributed by atoms with Gasteiger partial charge >= 0.3 is 0 Å². The topological polar surface area (TPSA) is 24.9 Å². The highest BCUT2D eigenvalue weighted by Crippen LogP contribution is 2.28. The van der Waals surface area contributed by atoms with E-state index in [0.717, 1.165) is 28.8 Å². The van der Waals surface area contributed by atoms with Crippen molar-refractivity contribution >= 4 is 32.7 Å². The second kappa shape index (κ2) is 5.70. The molecule has 1 N–H and O–H groups in total. The fourth-order valence-electron chi connectivity index (χ4n) is 1.99. The van der Waals surface area contributed by atoms with Crippen LogP contribution in [-0.2, 0) is 0 Å². The molecule has 0 aliphatic rings. The van der Waals surface area contributed by atoms with Crippen LogP contribution in [0.5, 0.6) is 0 Å². The third-order valence-electron chi connectivity index (χ3n) is 2.97. The van der Waals surface area contributed by atoms with Gasteiger partial charge in [0.1, 0.15) is 5.82 Å². The summed E-state index contributed by atoms with van der Waals surface area (Å²) < 4.78 is 1.10. The highest BCUT2D eigenvalue weighted by molar-refractivity contribution is 9.10. The van der Waals surface area contributed by atoms with Crippen LogP contribution in [0.2, 0.25) is 0 Å². The Kier molecular flexibility index (Phi) is 4.23. The van der Waals surface area contributed by atoms with E-state index in [9.17, 15) is 0 Å². The van der Waals surface area contributed by atoms with Crippen molar-refractivity contribution in [1.82, 2.24) is 4.98 Å². The van der Waals surface area contributed by atoms with E-state index in [1.54, 1.807) is 0 Å². The van der Waals surface area contributed by atoms with Gasteiger partial charge in [-0.15, -0.1) is 0 Å². The Hall–Kier alpha value is -1.09. The fourth-order valence-corrected chi connectivity index (χ4v) is 2.37. The minimum Gasteiger partial charge on any atom is -0.370 e. The molecular weight excluding hydrogens is 288 g/mol. The van der Waals surface area contributed by atoms with Gasteiger partial charge in [0, 0.05) is 16.4 Å². The van der Waals surface area contributed by atoms with Gasteiger partial charge in [-0.25, -0.2) is 4.98 Å². The number of benzene rings is 1. The van der Waals surface area contributed by atoms with Gasteiger partial charge in [0.2, 0.25) is 0 Å². The van der Waals surface area contributed by atoms with Crippen molar-refractivity contribution in [3.05, 3.63) is 34.3 Å². The Morgan fingerprint density at radius 2 is 2.06 bits per heavy atom. The molecule has 2 rings (SSSR count). The van der Waals surface area contributed by atoms with Crippen LogP contribution < -0.4 is 5.32 Å². The van der Waals surface area contributed by atoms with E-state index in [1.165, 1.54) is 10.9 Å². The predicted molar refractivity (Wildman–Crippen MR) is 82.3 cm³/mol. The monoisotopic (exact) mass is 306 g/mol. The van der Waals surface area contributed by atoms with Crippen molar-refractivity contribution in [2.45, 2.75) is 33.1 Å². The molecule has 0 radical (unpaired) electrons. The van der Waals surface area contributed by atoms with Crippen molar-refractivity contribution in [1.29, 1.82) is 0 Å². The molecule has 0 aliphatic heterocycles. The summed E-state index contributed by atoms with van der Waals surface area (Å²) in [7, 11) is 0. The van der Waals surface area contributed by atoms with E-state index < -0.39 is 0 Å². The molecule has 3 heteroatoms. The number of aromatic nitrogens is 1. The smallest absolute Gasteiger partial charge is 0.130 e. The van der Waals surface area contributed by atoms with Gasteiger partial charge in [-0.2, -0.15) is 0 Å². The minimum atomic E-state index is 0.472. The van der Waals surface area contributed by atoms with Gasteiger partial charge in [-0.3, -0.25) is 0 Å². The number of nitrogens with zero attached hydrogens (tertiary/aromatic N) is 1. The lowest BCUT2D eigenvalue weighted by atomic mass is 10.0. The maximum atomic E-state index is 4.74. The molecule has 0 spiro atoms. The largest absolute Gasteiger partial charge is 0.370 e. The van der Waals surface area contributed by atoms with Gasteiger partial charge in [-0.1, -0.05) is 36.7 Å². The summed E-state index contributed by atoms with van der Waals surface area (Å²) in [5, 5.41) is 4.62. The molecule has 2 aromatic rings. The summed E-state index contributed by atoms with van der Waals surface area (Å²) in [5.41, 5.74) is 2.33.